The Hall–Kier alpha value is -0.230. The van der Waals surface area contributed by atoms with Gasteiger partial charge in [-0.15, -0.1) is 22.6 Å². The van der Waals surface area contributed by atoms with E-state index in [4.69, 9.17) is 5.73 Å². The van der Waals surface area contributed by atoms with Crippen LogP contribution in [0.3, 0.4) is 0 Å². The molecule has 0 unspecified atom stereocenters. The molecule has 0 aromatic carbocycles. The summed E-state index contributed by atoms with van der Waals surface area (Å²) in [6, 6.07) is 0. The molecule has 0 radical (unpaired) electrons. The maximum absolute atomic E-state index is 9.30. The van der Waals surface area contributed by atoms with Crippen LogP contribution >= 0.6 is 23.7 Å². The Labute approximate surface area is 99.3 Å². The minimum absolute atomic E-state index is 0. The van der Waals surface area contributed by atoms with Gasteiger partial charge in [-0.3, -0.25) is 0 Å². The van der Waals surface area contributed by atoms with E-state index in [1.54, 1.807) is 6.92 Å². The molecule has 0 amide bonds. The van der Waals surface area contributed by atoms with Crippen molar-refractivity contribution in [1.82, 2.24) is 10.2 Å². The van der Waals surface area contributed by atoms with Gasteiger partial charge in [0, 0.05) is 5.92 Å². The molecule has 86 valence electrons. The smallest absolute Gasteiger partial charge is 0.145 e. The molecule has 4 nitrogen and oxygen atoms in total. The van der Waals surface area contributed by atoms with Crippen LogP contribution in [0.15, 0.2) is 0 Å². The molecule has 2 rings (SSSR count). The zero-order valence-electron chi connectivity index (χ0n) is 8.59. The Morgan fingerprint density at radius 3 is 2.67 bits per heavy atom. The third-order valence-electron chi connectivity index (χ3n) is 2.73. The lowest BCUT2D eigenvalue weighted by molar-refractivity contribution is 0.198. The molecule has 1 aromatic rings. The van der Waals surface area contributed by atoms with Crippen LogP contribution in [-0.4, -0.2) is 21.8 Å². The number of halogens is 1. The predicted octanol–water partition coefficient (Wildman–Crippen LogP) is 1.47. The van der Waals surface area contributed by atoms with E-state index in [0.717, 1.165) is 29.4 Å². The maximum Gasteiger partial charge on any atom is 0.145 e. The zero-order valence-corrected chi connectivity index (χ0v) is 10.2. The molecular weight excluding hydrogens is 234 g/mol. The number of nitrogens with zero attached hydrogens (tertiary/aromatic N) is 2. The standard InChI is InChI=1S/C9H15N3OS.ClH/c1-5(13)8-11-12-9(14-8)7-2-6(3-7)4-10;/h5-7,13H,2-4,10H2,1H3;1H/t5-,6-,7+;/m0./s1. The average molecular weight is 250 g/mol. The van der Waals surface area contributed by atoms with Gasteiger partial charge in [0.15, 0.2) is 0 Å². The third-order valence-corrected chi connectivity index (χ3v) is 3.99. The summed E-state index contributed by atoms with van der Waals surface area (Å²) in [4.78, 5) is 0. The molecule has 1 aromatic heterocycles. The van der Waals surface area contributed by atoms with Gasteiger partial charge in [-0.05, 0) is 32.2 Å². The highest BCUT2D eigenvalue weighted by atomic mass is 35.5. The van der Waals surface area contributed by atoms with Gasteiger partial charge in [-0.25, -0.2) is 0 Å². The third kappa shape index (κ3) is 2.66. The molecule has 1 saturated carbocycles. The highest BCUT2D eigenvalue weighted by Crippen LogP contribution is 2.42. The number of hydrogen-bond donors (Lipinski definition) is 2. The van der Waals surface area contributed by atoms with Crippen molar-refractivity contribution < 1.29 is 5.11 Å². The molecule has 6 heteroatoms. The quantitative estimate of drug-likeness (QED) is 0.851. The fraction of sp³-hybridized carbons (Fsp3) is 0.778. The molecule has 15 heavy (non-hydrogen) atoms. The van der Waals surface area contributed by atoms with Crippen molar-refractivity contribution in [3.8, 4) is 0 Å². The molecule has 1 atom stereocenters. The molecule has 0 aliphatic heterocycles. The highest BCUT2D eigenvalue weighted by Gasteiger charge is 2.31. The number of aromatic nitrogens is 2. The molecule has 1 aliphatic carbocycles. The summed E-state index contributed by atoms with van der Waals surface area (Å²) < 4.78 is 0. The van der Waals surface area contributed by atoms with Crippen molar-refractivity contribution in [2.45, 2.75) is 31.8 Å². The first kappa shape index (κ1) is 12.8. The van der Waals surface area contributed by atoms with Crippen LogP contribution in [0.5, 0.6) is 0 Å². The van der Waals surface area contributed by atoms with Crippen molar-refractivity contribution in [2.75, 3.05) is 6.54 Å². The second kappa shape index (κ2) is 5.21. The Morgan fingerprint density at radius 1 is 1.53 bits per heavy atom. The fourth-order valence-electron chi connectivity index (χ4n) is 1.71. The van der Waals surface area contributed by atoms with E-state index in [1.165, 1.54) is 11.3 Å². The van der Waals surface area contributed by atoms with E-state index in [2.05, 4.69) is 10.2 Å². The molecule has 3 N–H and O–H groups in total. The van der Waals surface area contributed by atoms with Crippen LogP contribution in [0.2, 0.25) is 0 Å². The highest BCUT2D eigenvalue weighted by molar-refractivity contribution is 7.11. The van der Waals surface area contributed by atoms with Crippen LogP contribution in [0.25, 0.3) is 0 Å². The van der Waals surface area contributed by atoms with Crippen molar-refractivity contribution >= 4 is 23.7 Å². The number of nitrogens with two attached hydrogens (primary N) is 1. The number of hydrogen-bond acceptors (Lipinski definition) is 5. The summed E-state index contributed by atoms with van der Waals surface area (Å²) in [5, 5.41) is 19.1. The SMILES string of the molecule is C[C@H](O)c1nnc([C@H]2C[C@@H](CN)C2)s1.Cl. The second-order valence-corrected chi connectivity index (χ2v) is 4.97. The van der Waals surface area contributed by atoms with Gasteiger partial charge < -0.3 is 10.8 Å². The number of rotatable bonds is 3. The van der Waals surface area contributed by atoms with Gasteiger partial charge in [0.25, 0.3) is 0 Å². The minimum atomic E-state index is -0.494. The number of aliphatic hydroxyl groups excluding tert-OH is 1. The Kier molecular flexibility index (Phi) is 4.45. The molecule has 0 spiro atoms. The van der Waals surface area contributed by atoms with Gasteiger partial charge in [0.05, 0.1) is 0 Å². The Bertz CT molecular complexity index is 312. The first-order valence-corrected chi connectivity index (χ1v) is 5.73. The Balaban J connectivity index is 0.00000112. The van der Waals surface area contributed by atoms with Gasteiger partial charge in [-0.1, -0.05) is 11.3 Å². The van der Waals surface area contributed by atoms with E-state index < -0.39 is 6.10 Å². The van der Waals surface area contributed by atoms with Crippen LogP contribution in [0.1, 0.15) is 41.8 Å². The van der Waals surface area contributed by atoms with E-state index in [9.17, 15) is 5.11 Å². The summed E-state index contributed by atoms with van der Waals surface area (Å²) >= 11 is 1.52. The topological polar surface area (TPSA) is 72.0 Å². The van der Waals surface area contributed by atoms with E-state index in [-0.39, 0.29) is 12.4 Å². The van der Waals surface area contributed by atoms with Gasteiger partial charge >= 0.3 is 0 Å². The van der Waals surface area contributed by atoms with E-state index >= 15 is 0 Å². The van der Waals surface area contributed by atoms with E-state index in [1.807, 2.05) is 0 Å². The lowest BCUT2D eigenvalue weighted by Crippen LogP contribution is -2.28. The van der Waals surface area contributed by atoms with Crippen LogP contribution in [-0.2, 0) is 0 Å². The van der Waals surface area contributed by atoms with Crippen molar-refractivity contribution in [1.29, 1.82) is 0 Å². The van der Waals surface area contributed by atoms with Gasteiger partial charge in [0.1, 0.15) is 16.1 Å². The van der Waals surface area contributed by atoms with Crippen molar-refractivity contribution in [3.63, 3.8) is 0 Å². The zero-order chi connectivity index (χ0) is 10.1. The summed E-state index contributed by atoms with van der Waals surface area (Å²) in [7, 11) is 0. The van der Waals surface area contributed by atoms with Crippen LogP contribution < -0.4 is 5.73 Å². The maximum atomic E-state index is 9.30. The van der Waals surface area contributed by atoms with Gasteiger partial charge in [-0.2, -0.15) is 0 Å². The fourth-order valence-corrected chi connectivity index (χ4v) is 2.62. The normalized spacial score (nSPS) is 26.6. The minimum Gasteiger partial charge on any atom is -0.386 e. The van der Waals surface area contributed by atoms with Crippen molar-refractivity contribution in [2.24, 2.45) is 11.7 Å². The monoisotopic (exact) mass is 249 g/mol. The molecule has 0 bridgehead atoms. The predicted molar refractivity (Wildman–Crippen MR) is 62.3 cm³/mol. The van der Waals surface area contributed by atoms with Crippen LogP contribution in [0, 0.1) is 5.92 Å². The van der Waals surface area contributed by atoms with Gasteiger partial charge in [0.2, 0.25) is 0 Å². The lowest BCUT2D eigenvalue weighted by Gasteiger charge is -2.32. The van der Waals surface area contributed by atoms with E-state index in [0.29, 0.717) is 11.8 Å². The average Bonchev–Trinajstić information content (AvgIpc) is 2.51. The number of aliphatic hydroxyl groups is 1. The first-order valence-electron chi connectivity index (χ1n) is 4.92. The summed E-state index contributed by atoms with van der Waals surface area (Å²) in [5.41, 5.74) is 5.55. The lowest BCUT2D eigenvalue weighted by atomic mass is 9.75. The largest absolute Gasteiger partial charge is 0.386 e. The second-order valence-electron chi connectivity index (χ2n) is 3.92. The molecule has 1 aliphatic rings. The van der Waals surface area contributed by atoms with Crippen LogP contribution in [0.4, 0.5) is 0 Å². The molecule has 0 saturated heterocycles. The summed E-state index contributed by atoms with van der Waals surface area (Å²) in [6.45, 7) is 2.49. The molecule has 1 heterocycles. The molecule has 1 fully saturated rings. The summed E-state index contributed by atoms with van der Waals surface area (Å²) in [6.07, 6.45) is 1.77. The summed E-state index contributed by atoms with van der Waals surface area (Å²) in [5.74, 6) is 1.20. The van der Waals surface area contributed by atoms with Crippen molar-refractivity contribution in [3.05, 3.63) is 10.0 Å². The first-order chi connectivity index (χ1) is 6.70. The Morgan fingerprint density at radius 2 is 2.20 bits per heavy atom. The molecular formula is C9H16ClN3OS.